The summed E-state index contributed by atoms with van der Waals surface area (Å²) in [5.74, 6) is 3.12. The predicted octanol–water partition coefficient (Wildman–Crippen LogP) is 6.40. The van der Waals surface area contributed by atoms with E-state index in [4.69, 9.17) is 19.5 Å². The van der Waals surface area contributed by atoms with Crippen molar-refractivity contribution in [1.82, 2.24) is 0 Å². The molecule has 30 heavy (non-hydrogen) atoms. The Balaban J connectivity index is 2.01. The molecular formula is C26H26N2O2. The molecule has 5 rings (SSSR count). The minimum Gasteiger partial charge on any atom is -0.452 e. The molecule has 4 nitrogen and oxygen atoms in total. The molecule has 2 heterocycles. The Bertz CT molecular complexity index is 1210. The molecule has 0 fully saturated rings. The fourth-order valence-corrected chi connectivity index (χ4v) is 4.22. The number of para-hydroxylation sites is 4. The van der Waals surface area contributed by atoms with E-state index >= 15 is 0 Å². The average molecular weight is 399 g/mol. The topological polar surface area (TPSA) is 43.2 Å². The molecule has 0 N–H and O–H groups in total. The maximum absolute atomic E-state index is 6.52. The smallest absolute Gasteiger partial charge is 0.159 e. The second-order valence-electron chi connectivity index (χ2n) is 9.97. The van der Waals surface area contributed by atoms with Crippen molar-refractivity contribution in [2.75, 3.05) is 0 Å². The van der Waals surface area contributed by atoms with Gasteiger partial charge in [0.2, 0.25) is 0 Å². The summed E-state index contributed by atoms with van der Waals surface area (Å²) in [4.78, 5) is 10.1. The Morgan fingerprint density at radius 1 is 0.567 bits per heavy atom. The molecule has 0 spiro atoms. The van der Waals surface area contributed by atoms with Crippen LogP contribution < -0.4 is 20.2 Å². The highest BCUT2D eigenvalue weighted by molar-refractivity contribution is 5.64. The van der Waals surface area contributed by atoms with E-state index in [2.05, 4.69) is 41.5 Å². The van der Waals surface area contributed by atoms with Crippen molar-refractivity contribution in [1.29, 1.82) is 0 Å². The lowest BCUT2D eigenvalue weighted by Gasteiger charge is -2.32. The average Bonchev–Trinajstić information content (AvgIpc) is 2.67. The Morgan fingerprint density at radius 2 is 0.933 bits per heavy atom. The molecular weight excluding hydrogens is 372 g/mol. The van der Waals surface area contributed by atoms with Crippen LogP contribution in [0.15, 0.2) is 58.5 Å². The van der Waals surface area contributed by atoms with E-state index in [0.29, 0.717) is 0 Å². The van der Waals surface area contributed by atoms with Crippen LogP contribution in [0.1, 0.15) is 52.7 Å². The largest absolute Gasteiger partial charge is 0.452 e. The van der Waals surface area contributed by atoms with Gasteiger partial charge >= 0.3 is 0 Å². The molecule has 4 heteroatoms. The maximum atomic E-state index is 6.52. The van der Waals surface area contributed by atoms with Gasteiger partial charge in [-0.05, 0) is 35.1 Å². The van der Waals surface area contributed by atoms with Gasteiger partial charge in [-0.3, -0.25) is 0 Å². The zero-order chi connectivity index (χ0) is 21.3. The lowest BCUT2D eigenvalue weighted by atomic mass is 9.79. The van der Waals surface area contributed by atoms with Gasteiger partial charge in [0.25, 0.3) is 0 Å². The summed E-state index contributed by atoms with van der Waals surface area (Å²) in [7, 11) is 0. The number of rotatable bonds is 0. The third-order valence-corrected chi connectivity index (χ3v) is 5.48. The van der Waals surface area contributed by atoms with Gasteiger partial charge in [-0.25, -0.2) is 9.98 Å². The first-order chi connectivity index (χ1) is 14.1. The van der Waals surface area contributed by atoms with E-state index < -0.39 is 0 Å². The number of nitrogens with zero attached hydrogens (tertiary/aromatic N) is 2. The van der Waals surface area contributed by atoms with Gasteiger partial charge in [0, 0.05) is 11.1 Å². The molecule has 0 unspecified atom stereocenters. The fourth-order valence-electron chi connectivity index (χ4n) is 4.22. The first-order valence-corrected chi connectivity index (χ1v) is 10.4. The summed E-state index contributed by atoms with van der Waals surface area (Å²) < 4.78 is 13.0. The minimum atomic E-state index is -0.217. The second kappa shape index (κ2) is 6.18. The molecule has 0 amide bonds. The summed E-state index contributed by atoms with van der Waals surface area (Å²) in [6, 6.07) is 15.8. The SMILES string of the molecule is CC(C)(C)c1c2c(c(C(C)(C)C)c3c1=Nc1ccccc1O3)=Nc1ccccc1O2. The highest BCUT2D eigenvalue weighted by atomic mass is 16.5. The van der Waals surface area contributed by atoms with Crippen molar-refractivity contribution in [2.24, 2.45) is 9.98 Å². The molecule has 3 aromatic rings. The molecule has 0 saturated carbocycles. The Hall–Kier alpha value is -3.14. The van der Waals surface area contributed by atoms with Gasteiger partial charge in [0.1, 0.15) is 22.1 Å². The van der Waals surface area contributed by atoms with E-state index in [9.17, 15) is 0 Å². The number of ether oxygens (including phenoxy) is 2. The van der Waals surface area contributed by atoms with Gasteiger partial charge < -0.3 is 9.47 Å². The summed E-state index contributed by atoms with van der Waals surface area (Å²) in [5.41, 5.74) is 3.28. The van der Waals surface area contributed by atoms with Gasteiger partial charge in [-0.1, -0.05) is 65.8 Å². The predicted molar refractivity (Wildman–Crippen MR) is 119 cm³/mol. The number of benzene rings is 3. The van der Waals surface area contributed by atoms with Crippen LogP contribution in [0.4, 0.5) is 11.4 Å². The van der Waals surface area contributed by atoms with Crippen LogP contribution in [0.25, 0.3) is 0 Å². The molecule has 3 aromatic carbocycles. The van der Waals surface area contributed by atoms with E-state index in [1.807, 2.05) is 48.5 Å². The van der Waals surface area contributed by atoms with Gasteiger partial charge in [0.05, 0.1) is 0 Å². The van der Waals surface area contributed by atoms with E-state index in [1.54, 1.807) is 0 Å². The normalized spacial score (nSPS) is 14.1. The van der Waals surface area contributed by atoms with Crippen LogP contribution in [-0.4, -0.2) is 0 Å². The van der Waals surface area contributed by atoms with Crippen molar-refractivity contribution >= 4 is 11.4 Å². The standard InChI is InChI=1S/C26H26N2O2/c1-25(2,3)19-21-24(30-18-14-10-7-11-15(18)27-21)20(26(4,5)6)22-23(19)29-17-13-9-8-12-16(17)28-22/h7-14H,1-6H3. The van der Waals surface area contributed by atoms with Crippen LogP contribution in [0.3, 0.4) is 0 Å². The van der Waals surface area contributed by atoms with Crippen molar-refractivity contribution in [2.45, 2.75) is 52.4 Å². The zero-order valence-corrected chi connectivity index (χ0v) is 18.3. The molecule has 0 saturated heterocycles. The van der Waals surface area contributed by atoms with E-state index in [-0.39, 0.29) is 10.8 Å². The van der Waals surface area contributed by atoms with Crippen LogP contribution in [-0.2, 0) is 10.8 Å². The molecule has 0 aliphatic carbocycles. The lowest BCUT2D eigenvalue weighted by Crippen LogP contribution is -2.37. The Morgan fingerprint density at radius 3 is 1.30 bits per heavy atom. The number of hydrogen-bond donors (Lipinski definition) is 0. The molecule has 0 radical (unpaired) electrons. The van der Waals surface area contributed by atoms with Gasteiger partial charge in [0.15, 0.2) is 23.0 Å². The Kier molecular flexibility index (Phi) is 3.88. The van der Waals surface area contributed by atoms with Crippen LogP contribution in [0.5, 0.6) is 23.0 Å². The molecule has 0 aromatic heterocycles. The van der Waals surface area contributed by atoms with Crippen molar-refractivity contribution in [3.63, 3.8) is 0 Å². The number of fused-ring (bicyclic) bond motifs is 4. The molecule has 2 aliphatic heterocycles. The third-order valence-electron chi connectivity index (χ3n) is 5.48. The van der Waals surface area contributed by atoms with Crippen molar-refractivity contribution in [3.8, 4) is 23.0 Å². The second-order valence-corrected chi connectivity index (χ2v) is 9.97. The van der Waals surface area contributed by atoms with Crippen LogP contribution >= 0.6 is 0 Å². The first kappa shape index (κ1) is 18.9. The molecule has 0 atom stereocenters. The maximum Gasteiger partial charge on any atom is 0.159 e. The number of hydrogen-bond acceptors (Lipinski definition) is 4. The molecule has 152 valence electrons. The van der Waals surface area contributed by atoms with Gasteiger partial charge in [-0.15, -0.1) is 0 Å². The third kappa shape index (κ3) is 2.82. The highest BCUT2D eigenvalue weighted by Gasteiger charge is 2.36. The monoisotopic (exact) mass is 398 g/mol. The summed E-state index contributed by atoms with van der Waals surface area (Å²) in [6.07, 6.45) is 0. The van der Waals surface area contributed by atoms with Crippen LogP contribution in [0, 0.1) is 0 Å². The fraction of sp³-hybridized carbons (Fsp3) is 0.308. The Labute approximate surface area is 176 Å². The van der Waals surface area contributed by atoms with Crippen molar-refractivity contribution < 1.29 is 9.47 Å². The minimum absolute atomic E-state index is 0.217. The van der Waals surface area contributed by atoms with Gasteiger partial charge in [-0.2, -0.15) is 0 Å². The summed E-state index contributed by atoms with van der Waals surface area (Å²) in [6.45, 7) is 13.1. The van der Waals surface area contributed by atoms with Crippen LogP contribution in [0.2, 0.25) is 0 Å². The van der Waals surface area contributed by atoms with E-state index in [0.717, 1.165) is 56.2 Å². The van der Waals surface area contributed by atoms with E-state index in [1.165, 1.54) is 0 Å². The highest BCUT2D eigenvalue weighted by Crippen LogP contribution is 2.44. The molecule has 2 aliphatic rings. The molecule has 0 bridgehead atoms. The van der Waals surface area contributed by atoms with Crippen molar-refractivity contribution in [3.05, 3.63) is 70.4 Å². The summed E-state index contributed by atoms with van der Waals surface area (Å²) in [5, 5.41) is 1.69. The summed E-state index contributed by atoms with van der Waals surface area (Å²) >= 11 is 0. The zero-order valence-electron chi connectivity index (χ0n) is 18.3. The lowest BCUT2D eigenvalue weighted by molar-refractivity contribution is 0.407. The first-order valence-electron chi connectivity index (χ1n) is 10.4. The quantitative estimate of drug-likeness (QED) is 0.303.